The lowest BCUT2D eigenvalue weighted by Gasteiger charge is -2.15. The zero-order valence-electron chi connectivity index (χ0n) is 16.1. The Morgan fingerprint density at radius 3 is 2.63 bits per heavy atom. The molecule has 1 amide bonds. The van der Waals surface area contributed by atoms with Gasteiger partial charge in [-0.05, 0) is 59.3 Å². The molecule has 1 unspecified atom stereocenters. The van der Waals surface area contributed by atoms with Crippen LogP contribution < -0.4 is 10.1 Å². The predicted octanol–water partition coefficient (Wildman–Crippen LogP) is 5.25. The summed E-state index contributed by atoms with van der Waals surface area (Å²) in [6.45, 7) is 6.22. The zero-order chi connectivity index (χ0) is 21.5. The van der Waals surface area contributed by atoms with Gasteiger partial charge in [0.25, 0.3) is 0 Å². The van der Waals surface area contributed by atoms with Gasteiger partial charge in [0.15, 0.2) is 17.1 Å². The van der Waals surface area contributed by atoms with Crippen LogP contribution in [0, 0.1) is 0 Å². The quantitative estimate of drug-likeness (QED) is 0.288. The molecular weight excluding hydrogens is 534 g/mol. The fourth-order valence-electron chi connectivity index (χ4n) is 2.54. The van der Waals surface area contributed by atoms with Crippen LogP contribution in [0.1, 0.15) is 18.9 Å². The first-order chi connectivity index (χ1) is 14.5. The van der Waals surface area contributed by atoms with Crippen molar-refractivity contribution in [2.75, 3.05) is 11.1 Å². The van der Waals surface area contributed by atoms with Crippen LogP contribution in [0.25, 0.3) is 0 Å². The minimum atomic E-state index is -0.325. The topological polar surface area (TPSA) is 81.9 Å². The summed E-state index contributed by atoms with van der Waals surface area (Å²) in [5, 5.41) is 11.9. The number of benzene rings is 1. The molecule has 0 spiro atoms. The van der Waals surface area contributed by atoms with Crippen molar-refractivity contribution in [1.29, 1.82) is 0 Å². The summed E-state index contributed by atoms with van der Waals surface area (Å²) in [6.07, 6.45) is 3.06. The first-order valence-electron chi connectivity index (χ1n) is 8.96. The number of thioether (sulfide) groups is 1. The van der Waals surface area contributed by atoms with Crippen LogP contribution in [0.2, 0.25) is 0 Å². The number of ether oxygens (including phenoxy) is 1. The highest BCUT2D eigenvalue weighted by Crippen LogP contribution is 2.26. The molecule has 30 heavy (non-hydrogen) atoms. The minimum absolute atomic E-state index is 0.176. The molecule has 1 N–H and O–H groups in total. The highest BCUT2D eigenvalue weighted by atomic mass is 79.9. The van der Waals surface area contributed by atoms with E-state index < -0.39 is 0 Å². The van der Waals surface area contributed by atoms with Crippen molar-refractivity contribution in [3.63, 3.8) is 0 Å². The first-order valence-corrected chi connectivity index (χ1v) is 11.5. The van der Waals surface area contributed by atoms with E-state index in [1.54, 1.807) is 18.3 Å². The molecule has 0 saturated heterocycles. The number of anilines is 1. The average molecular weight is 553 g/mol. The fourth-order valence-corrected chi connectivity index (χ4v) is 3.79. The Labute approximate surface area is 195 Å². The van der Waals surface area contributed by atoms with Crippen molar-refractivity contribution in [2.24, 2.45) is 0 Å². The predicted molar refractivity (Wildman–Crippen MR) is 125 cm³/mol. The Morgan fingerprint density at radius 1 is 1.23 bits per heavy atom. The summed E-state index contributed by atoms with van der Waals surface area (Å²) >= 11 is 8.02. The van der Waals surface area contributed by atoms with Crippen LogP contribution in [-0.2, 0) is 11.3 Å². The molecule has 0 saturated carbocycles. The molecule has 0 aliphatic rings. The van der Waals surface area contributed by atoms with Gasteiger partial charge in [-0.15, -0.1) is 16.8 Å². The van der Waals surface area contributed by atoms with E-state index in [0.29, 0.717) is 23.3 Å². The van der Waals surface area contributed by atoms with E-state index in [0.717, 1.165) is 14.7 Å². The van der Waals surface area contributed by atoms with Gasteiger partial charge in [0, 0.05) is 21.7 Å². The van der Waals surface area contributed by atoms with Crippen LogP contribution in [0.3, 0.4) is 0 Å². The fraction of sp³-hybridized carbons (Fsp3) is 0.200. The number of nitrogens with one attached hydrogen (secondary N) is 1. The van der Waals surface area contributed by atoms with E-state index in [-0.39, 0.29) is 17.8 Å². The molecule has 0 aliphatic carbocycles. The van der Waals surface area contributed by atoms with Crippen LogP contribution in [0.5, 0.6) is 5.75 Å². The van der Waals surface area contributed by atoms with E-state index in [4.69, 9.17) is 4.74 Å². The van der Waals surface area contributed by atoms with Crippen molar-refractivity contribution in [3.8, 4) is 5.75 Å². The largest absolute Gasteiger partial charge is 0.483 e. The normalized spacial score (nSPS) is 11.7. The highest BCUT2D eigenvalue weighted by molar-refractivity contribution is 9.10. The lowest BCUT2D eigenvalue weighted by molar-refractivity contribution is -0.113. The van der Waals surface area contributed by atoms with Gasteiger partial charge >= 0.3 is 0 Å². The number of allylic oxidation sites excluding steroid dienone is 1. The number of hydrogen-bond acceptors (Lipinski definition) is 6. The molecule has 0 radical (unpaired) electrons. The summed E-state index contributed by atoms with van der Waals surface area (Å²) in [6, 6.07) is 11.1. The van der Waals surface area contributed by atoms with Gasteiger partial charge in [-0.25, -0.2) is 4.98 Å². The number of aromatic nitrogens is 4. The molecule has 156 valence electrons. The number of amides is 1. The van der Waals surface area contributed by atoms with Crippen molar-refractivity contribution in [2.45, 2.75) is 24.7 Å². The molecule has 0 aliphatic heterocycles. The van der Waals surface area contributed by atoms with E-state index in [2.05, 4.69) is 58.9 Å². The lowest BCUT2D eigenvalue weighted by Crippen LogP contribution is -2.16. The maximum Gasteiger partial charge on any atom is 0.236 e. The number of nitrogens with zero attached hydrogens (tertiary/aromatic N) is 4. The Bertz CT molecular complexity index is 1010. The smallest absolute Gasteiger partial charge is 0.236 e. The first kappa shape index (κ1) is 22.5. The van der Waals surface area contributed by atoms with Gasteiger partial charge in [0.05, 0.1) is 5.75 Å². The third kappa shape index (κ3) is 6.16. The average Bonchev–Trinajstić information content (AvgIpc) is 3.13. The van der Waals surface area contributed by atoms with Crippen LogP contribution in [0.15, 0.2) is 69.4 Å². The summed E-state index contributed by atoms with van der Waals surface area (Å²) in [4.78, 5) is 16.4. The molecule has 3 rings (SSSR count). The standard InChI is InChI=1S/C20H19Br2N5O2S/c1-3-10-27-19(13(2)29-16-7-4-14(21)5-8-16)25-26-20(27)30-12-18(28)24-17-9-6-15(22)11-23-17/h3-9,11,13H,1,10,12H2,2H3,(H,23,24,28). The van der Waals surface area contributed by atoms with Gasteiger partial charge in [0.1, 0.15) is 11.6 Å². The second kappa shape index (κ2) is 10.7. The number of pyridine rings is 1. The Hall–Kier alpha value is -2.17. The van der Waals surface area contributed by atoms with E-state index in [1.807, 2.05) is 41.8 Å². The van der Waals surface area contributed by atoms with Crippen molar-refractivity contribution < 1.29 is 9.53 Å². The zero-order valence-corrected chi connectivity index (χ0v) is 20.1. The van der Waals surface area contributed by atoms with Crippen molar-refractivity contribution in [3.05, 3.63) is 70.0 Å². The molecule has 1 aromatic carbocycles. The monoisotopic (exact) mass is 551 g/mol. The molecule has 0 bridgehead atoms. The maximum absolute atomic E-state index is 12.3. The second-order valence-electron chi connectivity index (χ2n) is 6.15. The SMILES string of the molecule is C=CCn1c(SCC(=O)Nc2ccc(Br)cn2)nnc1C(C)Oc1ccc(Br)cc1. The number of carbonyl (C=O) groups is 1. The van der Waals surface area contributed by atoms with Gasteiger partial charge < -0.3 is 10.1 Å². The molecule has 2 heterocycles. The number of carbonyl (C=O) groups excluding carboxylic acids is 1. The van der Waals surface area contributed by atoms with E-state index >= 15 is 0 Å². The lowest BCUT2D eigenvalue weighted by atomic mass is 10.3. The third-order valence-electron chi connectivity index (χ3n) is 3.87. The summed E-state index contributed by atoms with van der Waals surface area (Å²) in [7, 11) is 0. The molecule has 7 nitrogen and oxygen atoms in total. The summed E-state index contributed by atoms with van der Waals surface area (Å²) < 4.78 is 9.71. The Kier molecular flexibility index (Phi) is 8.06. The van der Waals surface area contributed by atoms with Crippen LogP contribution in [-0.4, -0.2) is 31.4 Å². The molecule has 10 heteroatoms. The second-order valence-corrected chi connectivity index (χ2v) is 8.93. The van der Waals surface area contributed by atoms with Crippen LogP contribution >= 0.6 is 43.6 Å². The highest BCUT2D eigenvalue weighted by Gasteiger charge is 2.20. The number of hydrogen-bond donors (Lipinski definition) is 1. The third-order valence-corrected chi connectivity index (χ3v) is 5.84. The number of rotatable bonds is 9. The molecule has 3 aromatic rings. The van der Waals surface area contributed by atoms with Crippen molar-refractivity contribution in [1.82, 2.24) is 19.7 Å². The van der Waals surface area contributed by atoms with Gasteiger partial charge in [-0.2, -0.15) is 0 Å². The number of halogens is 2. The van der Waals surface area contributed by atoms with Crippen LogP contribution in [0.4, 0.5) is 5.82 Å². The van der Waals surface area contributed by atoms with Crippen molar-refractivity contribution >= 4 is 55.3 Å². The Morgan fingerprint density at radius 2 is 1.97 bits per heavy atom. The van der Waals surface area contributed by atoms with E-state index in [1.165, 1.54) is 11.8 Å². The summed E-state index contributed by atoms with van der Waals surface area (Å²) in [5.74, 6) is 1.89. The Balaban J connectivity index is 1.65. The van der Waals surface area contributed by atoms with E-state index in [9.17, 15) is 4.79 Å². The summed E-state index contributed by atoms with van der Waals surface area (Å²) in [5.41, 5.74) is 0. The molecule has 1 atom stereocenters. The molecule has 2 aromatic heterocycles. The van der Waals surface area contributed by atoms with Gasteiger partial charge in [0.2, 0.25) is 5.91 Å². The van der Waals surface area contributed by atoms with Gasteiger partial charge in [-0.1, -0.05) is 33.8 Å². The molecule has 0 fully saturated rings. The van der Waals surface area contributed by atoms with Gasteiger partial charge in [-0.3, -0.25) is 9.36 Å². The molecular formula is C20H19Br2N5O2S. The maximum atomic E-state index is 12.3. The minimum Gasteiger partial charge on any atom is -0.483 e.